The van der Waals surface area contributed by atoms with E-state index in [9.17, 15) is 4.79 Å². The Morgan fingerprint density at radius 2 is 1.91 bits per heavy atom. The number of piperazine rings is 1. The highest BCUT2D eigenvalue weighted by molar-refractivity contribution is 5.97. The number of amides is 1. The third-order valence-electron chi connectivity index (χ3n) is 4.89. The minimum atomic E-state index is 0.163. The summed E-state index contributed by atoms with van der Waals surface area (Å²) in [7, 11) is 0. The fourth-order valence-electron chi connectivity index (χ4n) is 3.75. The monoisotopic (exact) mass is 307 g/mol. The maximum Gasteiger partial charge on any atom is 0.254 e. The molecule has 23 heavy (non-hydrogen) atoms. The van der Waals surface area contributed by atoms with Gasteiger partial charge in [-0.15, -0.1) is 0 Å². The van der Waals surface area contributed by atoms with Crippen LogP contribution in [0.4, 0.5) is 5.69 Å². The predicted octanol–water partition coefficient (Wildman–Crippen LogP) is 2.15. The Kier molecular flexibility index (Phi) is 3.54. The van der Waals surface area contributed by atoms with Crippen LogP contribution in [0.15, 0.2) is 48.5 Å². The van der Waals surface area contributed by atoms with Crippen LogP contribution in [-0.4, -0.2) is 41.4 Å². The second-order valence-electron chi connectivity index (χ2n) is 6.49. The van der Waals surface area contributed by atoms with Crippen molar-refractivity contribution in [3.05, 3.63) is 65.2 Å². The van der Waals surface area contributed by atoms with E-state index in [-0.39, 0.29) is 11.9 Å². The molecule has 2 aromatic carbocycles. The minimum Gasteiger partial charge on any atom is -0.399 e. The van der Waals surface area contributed by atoms with Crippen molar-refractivity contribution in [3.8, 4) is 0 Å². The molecule has 2 N–H and O–H groups in total. The van der Waals surface area contributed by atoms with Crippen molar-refractivity contribution in [1.82, 2.24) is 9.80 Å². The zero-order chi connectivity index (χ0) is 15.8. The van der Waals surface area contributed by atoms with Crippen LogP contribution in [0.1, 0.15) is 21.5 Å². The summed E-state index contributed by atoms with van der Waals surface area (Å²) in [5, 5.41) is 0. The molecule has 0 spiro atoms. The van der Waals surface area contributed by atoms with Gasteiger partial charge in [0.1, 0.15) is 0 Å². The van der Waals surface area contributed by atoms with E-state index in [0.717, 1.165) is 49.4 Å². The molecule has 2 heterocycles. The first-order chi connectivity index (χ1) is 11.2. The van der Waals surface area contributed by atoms with Crippen molar-refractivity contribution in [1.29, 1.82) is 0 Å². The van der Waals surface area contributed by atoms with Gasteiger partial charge in [-0.2, -0.15) is 0 Å². The van der Waals surface area contributed by atoms with Gasteiger partial charge < -0.3 is 10.6 Å². The average molecular weight is 307 g/mol. The van der Waals surface area contributed by atoms with Crippen LogP contribution in [0, 0.1) is 0 Å². The number of hydrogen-bond donors (Lipinski definition) is 1. The Hall–Kier alpha value is -2.33. The number of benzene rings is 2. The van der Waals surface area contributed by atoms with Crippen LogP contribution in [0.5, 0.6) is 0 Å². The lowest BCUT2D eigenvalue weighted by molar-refractivity contribution is 0.0402. The molecule has 0 aromatic heterocycles. The number of nitrogens with two attached hydrogens (primary N) is 1. The highest BCUT2D eigenvalue weighted by atomic mass is 16.2. The van der Waals surface area contributed by atoms with Gasteiger partial charge in [0, 0.05) is 43.5 Å². The molecule has 1 fully saturated rings. The lowest BCUT2D eigenvalue weighted by Gasteiger charge is -2.44. The standard InChI is InChI=1S/C19H21N3O/c20-16-6-7-18-15(10-16)11-17-13-21(8-9-22(17)19(18)23)12-14-4-2-1-3-5-14/h1-7,10,17H,8-9,11-13,20H2. The van der Waals surface area contributed by atoms with Crippen LogP contribution in [-0.2, 0) is 13.0 Å². The fraction of sp³-hybridized carbons (Fsp3) is 0.316. The molecule has 0 radical (unpaired) electrons. The zero-order valence-corrected chi connectivity index (χ0v) is 13.1. The summed E-state index contributed by atoms with van der Waals surface area (Å²) >= 11 is 0. The van der Waals surface area contributed by atoms with Gasteiger partial charge in [0.05, 0.1) is 0 Å². The Morgan fingerprint density at radius 3 is 2.74 bits per heavy atom. The second-order valence-corrected chi connectivity index (χ2v) is 6.49. The molecular weight excluding hydrogens is 286 g/mol. The lowest BCUT2D eigenvalue weighted by atomic mass is 9.91. The van der Waals surface area contributed by atoms with Crippen LogP contribution >= 0.6 is 0 Å². The molecule has 2 aliphatic rings. The molecule has 1 unspecified atom stereocenters. The molecule has 4 heteroatoms. The van der Waals surface area contributed by atoms with Gasteiger partial charge in [0.15, 0.2) is 0 Å². The highest BCUT2D eigenvalue weighted by Crippen LogP contribution is 2.28. The van der Waals surface area contributed by atoms with E-state index in [1.54, 1.807) is 0 Å². The van der Waals surface area contributed by atoms with Crippen LogP contribution < -0.4 is 5.73 Å². The minimum absolute atomic E-state index is 0.163. The quantitative estimate of drug-likeness (QED) is 0.865. The van der Waals surface area contributed by atoms with E-state index >= 15 is 0 Å². The van der Waals surface area contributed by atoms with Crippen molar-refractivity contribution in [2.75, 3.05) is 25.4 Å². The predicted molar refractivity (Wildman–Crippen MR) is 91.1 cm³/mol. The highest BCUT2D eigenvalue weighted by Gasteiger charge is 2.36. The maximum absolute atomic E-state index is 12.7. The van der Waals surface area contributed by atoms with E-state index in [1.807, 2.05) is 29.2 Å². The molecule has 1 atom stereocenters. The van der Waals surface area contributed by atoms with Crippen LogP contribution in [0.3, 0.4) is 0 Å². The van der Waals surface area contributed by atoms with Crippen molar-refractivity contribution >= 4 is 11.6 Å². The average Bonchev–Trinajstić information content (AvgIpc) is 2.55. The summed E-state index contributed by atoms with van der Waals surface area (Å²) in [6, 6.07) is 16.4. The van der Waals surface area contributed by atoms with Crippen LogP contribution in [0.25, 0.3) is 0 Å². The van der Waals surface area contributed by atoms with Crippen LogP contribution in [0.2, 0.25) is 0 Å². The van der Waals surface area contributed by atoms with Gasteiger partial charge in [-0.05, 0) is 35.7 Å². The van der Waals surface area contributed by atoms with E-state index < -0.39 is 0 Å². The van der Waals surface area contributed by atoms with Gasteiger partial charge >= 0.3 is 0 Å². The Balaban J connectivity index is 1.53. The smallest absolute Gasteiger partial charge is 0.254 e. The van der Waals surface area contributed by atoms with Gasteiger partial charge in [-0.25, -0.2) is 0 Å². The van der Waals surface area contributed by atoms with E-state index in [1.165, 1.54) is 5.56 Å². The molecule has 0 aliphatic carbocycles. The number of anilines is 1. The summed E-state index contributed by atoms with van der Waals surface area (Å²) < 4.78 is 0. The second kappa shape index (κ2) is 5.70. The van der Waals surface area contributed by atoms with Gasteiger partial charge in [0.25, 0.3) is 5.91 Å². The van der Waals surface area contributed by atoms with Gasteiger partial charge in [-0.3, -0.25) is 9.69 Å². The number of hydrogen-bond acceptors (Lipinski definition) is 3. The Morgan fingerprint density at radius 1 is 1.09 bits per heavy atom. The molecule has 0 bridgehead atoms. The number of rotatable bonds is 2. The third-order valence-corrected chi connectivity index (χ3v) is 4.89. The first kappa shape index (κ1) is 14.3. The number of fused-ring (bicyclic) bond motifs is 2. The van der Waals surface area contributed by atoms with Crippen molar-refractivity contribution < 1.29 is 4.79 Å². The normalized spacial score (nSPS) is 21.0. The Bertz CT molecular complexity index is 729. The summed E-state index contributed by atoms with van der Waals surface area (Å²) in [4.78, 5) is 17.2. The number of nitrogens with zero attached hydrogens (tertiary/aromatic N) is 2. The van der Waals surface area contributed by atoms with Crippen molar-refractivity contribution in [2.24, 2.45) is 0 Å². The summed E-state index contributed by atoms with van der Waals surface area (Å²) in [5.41, 5.74) is 9.88. The first-order valence-electron chi connectivity index (χ1n) is 8.16. The largest absolute Gasteiger partial charge is 0.399 e. The fourth-order valence-corrected chi connectivity index (χ4v) is 3.75. The van der Waals surface area contributed by atoms with Gasteiger partial charge in [0.2, 0.25) is 0 Å². The summed E-state index contributed by atoms with van der Waals surface area (Å²) in [5.74, 6) is 0.163. The third kappa shape index (κ3) is 2.70. The number of nitrogen functional groups attached to an aromatic ring is 1. The van der Waals surface area contributed by atoms with Crippen molar-refractivity contribution in [2.45, 2.75) is 19.0 Å². The number of carbonyl (C=O) groups excluding carboxylic acids is 1. The number of carbonyl (C=O) groups is 1. The molecule has 2 aromatic rings. The SMILES string of the molecule is Nc1ccc2c(c1)CC1CN(Cc3ccccc3)CCN1C2=O. The topological polar surface area (TPSA) is 49.6 Å². The molecule has 1 amide bonds. The molecule has 0 saturated carbocycles. The molecule has 4 rings (SSSR count). The first-order valence-corrected chi connectivity index (χ1v) is 8.16. The summed E-state index contributed by atoms with van der Waals surface area (Å²) in [6.45, 7) is 3.61. The van der Waals surface area contributed by atoms with E-state index in [0.29, 0.717) is 0 Å². The summed E-state index contributed by atoms with van der Waals surface area (Å²) in [6.07, 6.45) is 0.900. The molecular formula is C19H21N3O. The molecule has 4 nitrogen and oxygen atoms in total. The van der Waals surface area contributed by atoms with E-state index in [2.05, 4.69) is 29.2 Å². The maximum atomic E-state index is 12.7. The molecule has 1 saturated heterocycles. The van der Waals surface area contributed by atoms with Crippen molar-refractivity contribution in [3.63, 3.8) is 0 Å². The van der Waals surface area contributed by atoms with E-state index in [4.69, 9.17) is 5.73 Å². The zero-order valence-electron chi connectivity index (χ0n) is 13.1. The molecule has 2 aliphatic heterocycles. The van der Waals surface area contributed by atoms with Gasteiger partial charge in [-0.1, -0.05) is 30.3 Å². The Labute approximate surface area is 136 Å². The molecule has 118 valence electrons. The lowest BCUT2D eigenvalue weighted by Crippen LogP contribution is -2.57.